The summed E-state index contributed by atoms with van der Waals surface area (Å²) >= 11 is 0. The van der Waals surface area contributed by atoms with Gasteiger partial charge >= 0.3 is 0 Å². The fourth-order valence-electron chi connectivity index (χ4n) is 6.08. The minimum atomic E-state index is -3.82. The van der Waals surface area contributed by atoms with E-state index in [1.807, 2.05) is 36.0 Å². The number of amides is 2. The van der Waals surface area contributed by atoms with Crippen LogP contribution < -0.4 is 24.4 Å². The molecule has 0 spiro atoms. The first-order chi connectivity index (χ1) is 21.9. The monoisotopic (exact) mass is 663 g/mol. The van der Waals surface area contributed by atoms with Crippen molar-refractivity contribution in [3.8, 4) is 17.2 Å². The summed E-state index contributed by atoms with van der Waals surface area (Å²) in [6.07, 6.45) is 2.80. The Kier molecular flexibility index (Phi) is 11.9. The Morgan fingerprint density at radius 2 is 1.70 bits per heavy atom. The molecule has 1 N–H and O–H groups in total. The summed E-state index contributed by atoms with van der Waals surface area (Å²) in [5, 5.41) is 3.72. The van der Waals surface area contributed by atoms with E-state index in [1.165, 1.54) is 18.4 Å². The molecule has 1 saturated heterocycles. The third-order valence-electron chi connectivity index (χ3n) is 8.44. The lowest BCUT2D eigenvalue weighted by atomic mass is 9.97. The Balaban J connectivity index is 1.81. The molecule has 1 unspecified atom stereocenters. The maximum Gasteiger partial charge on any atom is 0.281 e. The van der Waals surface area contributed by atoms with Crippen LogP contribution in [0.15, 0.2) is 12.1 Å². The summed E-state index contributed by atoms with van der Waals surface area (Å²) in [6, 6.07) is 3.86. The molecule has 2 aliphatic rings. The van der Waals surface area contributed by atoms with Gasteiger partial charge in [0.2, 0.25) is 17.6 Å². The summed E-state index contributed by atoms with van der Waals surface area (Å²) in [4.78, 5) is 37.7. The zero-order valence-corrected chi connectivity index (χ0v) is 29.0. The molecule has 14 nitrogen and oxygen atoms in total. The number of methoxy groups -OCH3 is 3. The molecule has 2 bridgehead atoms. The predicted octanol–water partition coefficient (Wildman–Crippen LogP) is 1.39. The Labute approximate surface area is 272 Å². The Morgan fingerprint density at radius 3 is 2.35 bits per heavy atom. The standard InChI is InChI=1S/C31H49N7O7S/c1-34(2)21-28(40)36-12-8-9-14-38(46(41,42)35(3)4)20-27(39)32-17-22-11-10-13-37(18-22)31-23(19-36)15-24-25(33-31)16-26(43-5)30(45-7)29(24)44-6/h15-16,22H,8-14,17-21H2,1-7H3,(H,32,39). The van der Waals surface area contributed by atoms with E-state index in [0.717, 1.165) is 40.5 Å². The first-order valence-electron chi connectivity index (χ1n) is 15.6. The first kappa shape index (κ1) is 35.5. The van der Waals surface area contributed by atoms with Gasteiger partial charge in [0, 0.05) is 70.4 Å². The van der Waals surface area contributed by atoms with Crippen LogP contribution in [0.25, 0.3) is 10.9 Å². The number of pyridine rings is 1. The molecule has 1 aromatic carbocycles. The molecule has 0 radical (unpaired) electrons. The number of nitrogens with one attached hydrogen (secondary N) is 1. The Morgan fingerprint density at radius 1 is 0.978 bits per heavy atom. The normalized spacial score (nSPS) is 19.2. The van der Waals surface area contributed by atoms with Crippen LogP contribution in [-0.4, -0.2) is 139 Å². The van der Waals surface area contributed by atoms with Crippen molar-refractivity contribution in [1.82, 2.24) is 28.7 Å². The number of nitrogens with zero attached hydrogens (tertiary/aromatic N) is 6. The number of likely N-dealkylation sites (N-methyl/N-ethyl adjacent to an activating group) is 1. The van der Waals surface area contributed by atoms with Gasteiger partial charge in [-0.15, -0.1) is 0 Å². The summed E-state index contributed by atoms with van der Waals surface area (Å²) < 4.78 is 45.6. The SMILES string of the molecule is COc1cc2nc3c(cc2c(OC)c1OC)CN(C(=O)CN(C)C)CCCCN(S(=O)(=O)N(C)C)CC(=O)NCC1CCCN3C1. The van der Waals surface area contributed by atoms with Gasteiger partial charge in [0.15, 0.2) is 11.5 Å². The maximum absolute atomic E-state index is 13.6. The van der Waals surface area contributed by atoms with Crippen molar-refractivity contribution in [1.29, 1.82) is 0 Å². The molecule has 4 rings (SSSR count). The van der Waals surface area contributed by atoms with Gasteiger partial charge in [0.05, 0.1) is 39.9 Å². The number of rotatable bonds is 7. The molecule has 2 amide bonds. The molecule has 2 aromatic rings. The molecule has 46 heavy (non-hydrogen) atoms. The van der Waals surface area contributed by atoms with E-state index in [4.69, 9.17) is 19.2 Å². The zero-order valence-electron chi connectivity index (χ0n) is 28.2. The summed E-state index contributed by atoms with van der Waals surface area (Å²) in [5.41, 5.74) is 1.53. The van der Waals surface area contributed by atoms with Crippen LogP contribution >= 0.6 is 0 Å². The number of fused-ring (bicyclic) bond motifs is 5. The average Bonchev–Trinajstić information content (AvgIpc) is 3.02. The van der Waals surface area contributed by atoms with Crippen molar-refractivity contribution in [2.75, 3.05) is 100 Å². The van der Waals surface area contributed by atoms with Crippen molar-refractivity contribution in [3.05, 3.63) is 17.7 Å². The van der Waals surface area contributed by atoms with Gasteiger partial charge in [-0.3, -0.25) is 9.59 Å². The van der Waals surface area contributed by atoms with E-state index in [2.05, 4.69) is 10.2 Å². The number of anilines is 1. The molecule has 256 valence electrons. The van der Waals surface area contributed by atoms with E-state index in [-0.39, 0.29) is 37.4 Å². The lowest BCUT2D eigenvalue weighted by molar-refractivity contribution is -0.132. The van der Waals surface area contributed by atoms with Crippen LogP contribution in [-0.2, 0) is 26.3 Å². The second-order valence-corrected chi connectivity index (χ2v) is 14.5. The molecule has 2 aliphatic heterocycles. The number of piperidine rings is 1. The van der Waals surface area contributed by atoms with Crippen LogP contribution in [0.4, 0.5) is 5.82 Å². The van der Waals surface area contributed by atoms with Crippen molar-refractivity contribution in [2.45, 2.75) is 32.2 Å². The van der Waals surface area contributed by atoms with Crippen LogP contribution in [0.3, 0.4) is 0 Å². The molecule has 1 aromatic heterocycles. The van der Waals surface area contributed by atoms with Gasteiger partial charge in [-0.05, 0) is 51.8 Å². The highest BCUT2D eigenvalue weighted by molar-refractivity contribution is 7.86. The molecular formula is C31H49N7O7S. The van der Waals surface area contributed by atoms with Crippen LogP contribution in [0.2, 0.25) is 0 Å². The third-order valence-corrected chi connectivity index (χ3v) is 10.3. The average molecular weight is 664 g/mol. The number of hydrogen-bond donors (Lipinski definition) is 1. The summed E-state index contributed by atoms with van der Waals surface area (Å²) in [7, 11) is 7.50. The number of benzene rings is 1. The molecule has 0 saturated carbocycles. The largest absolute Gasteiger partial charge is 0.493 e. The number of hydrogen-bond acceptors (Lipinski definition) is 10. The summed E-state index contributed by atoms with van der Waals surface area (Å²) in [5.74, 6) is 1.96. The predicted molar refractivity (Wildman–Crippen MR) is 177 cm³/mol. The molecule has 0 aliphatic carbocycles. The highest BCUT2D eigenvalue weighted by atomic mass is 32.2. The van der Waals surface area contributed by atoms with Gasteiger partial charge in [-0.25, -0.2) is 4.98 Å². The van der Waals surface area contributed by atoms with Crippen LogP contribution in [0.5, 0.6) is 17.2 Å². The van der Waals surface area contributed by atoms with Crippen molar-refractivity contribution >= 4 is 38.7 Å². The molecule has 15 heteroatoms. The maximum atomic E-state index is 13.6. The van der Waals surface area contributed by atoms with Gasteiger partial charge in [0.1, 0.15) is 5.82 Å². The van der Waals surface area contributed by atoms with Crippen LogP contribution in [0, 0.1) is 5.92 Å². The van der Waals surface area contributed by atoms with E-state index in [9.17, 15) is 18.0 Å². The van der Waals surface area contributed by atoms with Gasteiger partial charge < -0.3 is 34.2 Å². The minimum Gasteiger partial charge on any atom is -0.493 e. The zero-order chi connectivity index (χ0) is 33.6. The van der Waals surface area contributed by atoms with Crippen molar-refractivity contribution < 1.29 is 32.2 Å². The van der Waals surface area contributed by atoms with E-state index in [0.29, 0.717) is 61.8 Å². The Hall–Kier alpha value is -3.40. The lowest BCUT2D eigenvalue weighted by Crippen LogP contribution is -2.48. The fraction of sp³-hybridized carbons (Fsp3) is 0.645. The lowest BCUT2D eigenvalue weighted by Gasteiger charge is -2.36. The van der Waals surface area contributed by atoms with Crippen molar-refractivity contribution in [3.63, 3.8) is 0 Å². The van der Waals surface area contributed by atoms with Gasteiger partial charge in [-0.1, -0.05) is 0 Å². The smallest absolute Gasteiger partial charge is 0.281 e. The van der Waals surface area contributed by atoms with Gasteiger partial charge in [-0.2, -0.15) is 17.0 Å². The Bertz CT molecular complexity index is 1500. The minimum absolute atomic E-state index is 0.0508. The third kappa shape index (κ3) is 8.11. The van der Waals surface area contributed by atoms with E-state index >= 15 is 0 Å². The second-order valence-electron chi connectivity index (χ2n) is 12.3. The number of carbonyl (C=O) groups excluding carboxylic acids is 2. The quantitative estimate of drug-likeness (QED) is 0.463. The van der Waals surface area contributed by atoms with Gasteiger partial charge in [0.25, 0.3) is 10.2 Å². The fourth-order valence-corrected chi connectivity index (χ4v) is 7.18. The highest BCUT2D eigenvalue weighted by Crippen LogP contribution is 2.44. The molecular weight excluding hydrogens is 614 g/mol. The second kappa shape index (κ2) is 15.5. The first-order valence-corrected chi connectivity index (χ1v) is 17.0. The number of carbonyl (C=O) groups is 2. The van der Waals surface area contributed by atoms with E-state index in [1.54, 1.807) is 21.3 Å². The number of aromatic nitrogens is 1. The van der Waals surface area contributed by atoms with Crippen molar-refractivity contribution in [2.24, 2.45) is 5.92 Å². The summed E-state index contributed by atoms with van der Waals surface area (Å²) in [6.45, 7) is 2.64. The molecule has 1 atom stereocenters. The topological polar surface area (TPSA) is 137 Å². The van der Waals surface area contributed by atoms with E-state index < -0.39 is 10.2 Å². The molecule has 1 fully saturated rings. The molecule has 3 heterocycles. The highest BCUT2D eigenvalue weighted by Gasteiger charge is 2.30. The van der Waals surface area contributed by atoms with Crippen LogP contribution in [0.1, 0.15) is 31.2 Å². The number of ether oxygens (including phenoxy) is 3.